The van der Waals surface area contributed by atoms with Crippen LogP contribution in [0.15, 0.2) is 0 Å². The van der Waals surface area contributed by atoms with Crippen molar-refractivity contribution in [3.8, 4) is 0 Å². The number of esters is 2. The molecule has 3 N–H and O–H groups in total. The van der Waals surface area contributed by atoms with Gasteiger partial charge in [-0.2, -0.15) is 39.1 Å². The Labute approximate surface area is 602 Å². The summed E-state index contributed by atoms with van der Waals surface area (Å²) in [5.41, 5.74) is 1.79. The van der Waals surface area contributed by atoms with Crippen molar-refractivity contribution >= 4 is 50.3 Å². The number of carbonyl (C=O) groups is 3. The van der Waals surface area contributed by atoms with Crippen LogP contribution >= 0.6 is 12.0 Å². The first kappa shape index (κ1) is 88.9. The maximum Gasteiger partial charge on any atom is 1.00 e. The number of fused-ring (bicyclic) bond motifs is 10. The average molecular weight is 1390 g/mol. The molecule has 8 aliphatic carbocycles. The van der Waals surface area contributed by atoms with Crippen LogP contribution in [0.1, 0.15) is 223 Å². The number of aliphatic carboxylic acids is 1. The Hall–Kier alpha value is 0.930. The van der Waals surface area contributed by atoms with E-state index in [0.717, 1.165) is 96.7 Å². The summed E-state index contributed by atoms with van der Waals surface area (Å²) in [6.45, 7) is 24.9. The van der Waals surface area contributed by atoms with E-state index in [-0.39, 0.29) is 106 Å². The van der Waals surface area contributed by atoms with E-state index in [2.05, 4.69) is 83.3 Å². The minimum absolute atomic E-state index is 0. The third-order valence-corrected chi connectivity index (χ3v) is 25.7. The second-order valence-corrected chi connectivity index (χ2v) is 32.7. The molecule has 8 fully saturated rings. The molecule has 0 spiro atoms. The number of hydrogen-bond donors (Lipinski definition) is 2. The third kappa shape index (κ3) is 20.3. The summed E-state index contributed by atoms with van der Waals surface area (Å²) in [6, 6.07) is 0. The largest absolute Gasteiger partial charge is 1.00 e. The van der Waals surface area contributed by atoms with E-state index < -0.39 is 72.2 Å². The van der Waals surface area contributed by atoms with E-state index in [4.69, 9.17) is 9.84 Å². The summed E-state index contributed by atoms with van der Waals surface area (Å²) in [6.07, 6.45) is 29.9. The molecule has 0 radical (unpaired) electrons. The Balaban J connectivity index is 0.000000672. The first-order chi connectivity index (χ1) is 39.6. The van der Waals surface area contributed by atoms with Gasteiger partial charge in [-0.1, -0.05) is 112 Å². The molecule has 18 unspecified atom stereocenters. The van der Waals surface area contributed by atoms with E-state index in [1.165, 1.54) is 116 Å². The predicted octanol–water partition coefficient (Wildman–Crippen LogP) is 5.05. The van der Waals surface area contributed by atoms with Gasteiger partial charge in [-0.3, -0.25) is 5.04 Å². The number of carbonyl (C=O) groups excluding carboxylic acids is 2. The molecule has 8 saturated carbocycles. The summed E-state index contributed by atoms with van der Waals surface area (Å²) in [7, 11) is -11.8. The fraction of sp³-hybridized carbons (Fsp3) is 0.951. The maximum absolute atomic E-state index is 13.9. The smallest absolute Gasteiger partial charge is 0.870 e. The van der Waals surface area contributed by atoms with Crippen molar-refractivity contribution in [1.29, 1.82) is 0 Å². The number of alkyl halides is 6. The minimum atomic E-state index is -6.22. The first-order valence-electron chi connectivity index (χ1n) is 31.5. The summed E-state index contributed by atoms with van der Waals surface area (Å²) < 4.78 is 146. The quantitative estimate of drug-likeness (QED) is 0.0250. The van der Waals surface area contributed by atoms with Gasteiger partial charge in [-0.25, -0.2) is 22.8 Å². The van der Waals surface area contributed by atoms with E-state index in [9.17, 15) is 76.4 Å². The van der Waals surface area contributed by atoms with Crippen molar-refractivity contribution < 1.29 is 194 Å². The second kappa shape index (κ2) is 35.8. The number of carboxylic acid groups (broad SMARTS) is 1. The zero-order valence-corrected chi connectivity index (χ0v) is 64.2. The molecule has 0 saturated heterocycles. The Bertz CT molecular complexity index is 2520. The van der Waals surface area contributed by atoms with Crippen LogP contribution in [0.4, 0.5) is 30.2 Å². The molecule has 510 valence electrons. The van der Waals surface area contributed by atoms with Crippen molar-refractivity contribution in [2.45, 2.75) is 251 Å². The molecule has 29 heteroatoms. The molecule has 0 aromatic heterocycles. The van der Waals surface area contributed by atoms with Crippen LogP contribution in [-0.2, 0) is 53.6 Å². The normalized spacial score (nSPS) is 35.1. The van der Waals surface area contributed by atoms with Gasteiger partial charge in [-0.15, -0.1) is 0 Å². The van der Waals surface area contributed by atoms with Crippen LogP contribution in [0.25, 0.3) is 0 Å². The van der Waals surface area contributed by atoms with Gasteiger partial charge in [0.05, 0.1) is 13.2 Å². The van der Waals surface area contributed by atoms with Crippen molar-refractivity contribution in [1.82, 2.24) is 0 Å². The van der Waals surface area contributed by atoms with E-state index in [1.54, 1.807) is 0 Å². The number of aliphatic hydroxyl groups excluding tert-OH is 1. The zero-order valence-electron chi connectivity index (χ0n) is 55.7. The second-order valence-electron chi connectivity index (χ2n) is 29.1. The maximum atomic E-state index is 13.9. The van der Waals surface area contributed by atoms with Gasteiger partial charge in [0, 0.05) is 0 Å². The van der Waals surface area contributed by atoms with E-state index in [1.807, 2.05) is 0 Å². The van der Waals surface area contributed by atoms with Crippen molar-refractivity contribution in [3.05, 3.63) is 0 Å². The molecule has 0 bridgehead atoms. The predicted molar refractivity (Wildman–Crippen MR) is 308 cm³/mol. The molecule has 0 heterocycles. The molecular weight excluding hydrogens is 1290 g/mol. The van der Waals surface area contributed by atoms with Gasteiger partial charge in [0.2, 0.25) is 0 Å². The van der Waals surface area contributed by atoms with Gasteiger partial charge in [-0.05, 0) is 220 Å². The summed E-state index contributed by atoms with van der Waals surface area (Å²) >= 11 is -0.615. The molecule has 16 nitrogen and oxygen atoms in total. The number of methoxy groups -OCH3 is 1. The Kier molecular flexibility index (Phi) is 35.4. The summed E-state index contributed by atoms with van der Waals surface area (Å²) in [4.78, 5) is 31.2. The fourth-order valence-corrected chi connectivity index (χ4v) is 20.0. The van der Waals surface area contributed by atoms with Gasteiger partial charge >= 0.3 is 133 Å². The Morgan fingerprint density at radius 2 is 0.989 bits per heavy atom. The van der Waals surface area contributed by atoms with Crippen LogP contribution in [0.2, 0.25) is 0 Å². The van der Waals surface area contributed by atoms with Gasteiger partial charge in [0.15, 0.2) is 10.1 Å². The Morgan fingerprint density at radius 1 is 0.589 bits per heavy atom. The van der Waals surface area contributed by atoms with Crippen LogP contribution in [0.5, 0.6) is 0 Å². The number of aliphatic hydroxyl groups is 1. The minimum Gasteiger partial charge on any atom is -0.870 e. The third-order valence-electron chi connectivity index (χ3n) is 23.6. The molecule has 0 aromatic rings. The molecule has 8 aliphatic rings. The molecule has 8 rings (SSSR count). The first-order valence-corrected chi connectivity index (χ1v) is 35.0. The molecule has 0 amide bonds. The average Bonchev–Trinajstić information content (AvgIpc) is 1.33. The molecule has 18 atom stereocenters. The summed E-state index contributed by atoms with van der Waals surface area (Å²) in [5, 5.41) is 16.2. The van der Waals surface area contributed by atoms with Crippen molar-refractivity contribution in [3.63, 3.8) is 0 Å². The number of halogens is 7. The van der Waals surface area contributed by atoms with Gasteiger partial charge in [0.25, 0.3) is 0 Å². The number of carboxylic acids is 1. The van der Waals surface area contributed by atoms with Crippen LogP contribution in [-0.4, -0.2) is 90.1 Å². The van der Waals surface area contributed by atoms with Crippen LogP contribution in [0, 0.1) is 105 Å². The molecule has 0 aliphatic heterocycles. The van der Waals surface area contributed by atoms with Crippen molar-refractivity contribution in [2.24, 2.45) is 105 Å². The van der Waals surface area contributed by atoms with E-state index in [0.29, 0.717) is 48.0 Å². The van der Waals surface area contributed by atoms with Crippen LogP contribution < -0.4 is 93.9 Å². The zero-order chi connectivity index (χ0) is 65.0. The fourth-order valence-electron chi connectivity index (χ4n) is 19.2. The van der Waals surface area contributed by atoms with Crippen molar-refractivity contribution in [2.75, 3.05) is 7.11 Å². The SMILES string of the molecule is CC(C)CCCC(C)C1CCC2C3CCC4CC(O)CCC4(C)C3CCC12C.CC(C)CCCC(C)C1CCC2C3CCC4CC(OC(=O)C(F)(F)SOO[O-])CCC4(C)C3CCC12C.COC(=O)C(F)(F)S(=O)(=O)F.O=C(O)C(F)(F)S(=O)(=O)[O-].[Na+].[Na+].[Na+].[OH-]. The molecular formula is C61H100F7Na3O16S3. The molecule has 90 heavy (non-hydrogen) atoms. The molecule has 0 aromatic carbocycles. The topological polar surface area (TPSA) is 273 Å². The monoisotopic (exact) mass is 1390 g/mol. The standard InChI is InChI=1S/C29H48F2O5S.C27H48O.C3H3F3O4S.C2H2F2O5S.3Na.H2O/c1-18(2)7-6-8-19(3)23-11-12-24-22-10-9-20-17-21(34-26(32)29(30,31)37-36-35-33)13-15-27(20,4)25(22)14-16-28(23,24)5;1-18(2)7-6-8-19(3)23-11-12-24-22-10-9-20-17-21(28)13-15-26(20,4)25(22)14-16-27(23,24)5;1-10-2(7)3(4,5)11(6,8)9;3-2(4,1(5)6)10(7,8)9;;;;/h18-25,33H,6-17H2,1-5H3;18-25,28H,6-17H2,1-5H3;1H3;(H,5,6)(H,7,8,9);;;;1H2/q;;;;3*+1;/p-3. The number of hydrogen-bond acceptors (Lipinski definition) is 16. The van der Waals surface area contributed by atoms with Crippen LogP contribution in [0.3, 0.4) is 0 Å². The number of ether oxygens (including phenoxy) is 2. The Morgan fingerprint density at radius 3 is 1.34 bits per heavy atom. The van der Waals surface area contributed by atoms with Gasteiger partial charge in [0.1, 0.15) is 18.1 Å². The van der Waals surface area contributed by atoms with E-state index >= 15 is 0 Å². The van der Waals surface area contributed by atoms with Gasteiger partial charge < -0.3 is 35.0 Å². The number of rotatable bonds is 19. The summed E-state index contributed by atoms with van der Waals surface area (Å²) in [5.74, 6) is 4.45.